The number of ether oxygens (including phenoxy) is 2. The van der Waals surface area contributed by atoms with E-state index in [-0.39, 0.29) is 37.1 Å². The molecule has 1 heterocycles. The second-order valence-electron chi connectivity index (χ2n) is 9.43. The Labute approximate surface area is 230 Å². The van der Waals surface area contributed by atoms with Gasteiger partial charge in [0, 0.05) is 39.4 Å². The first-order chi connectivity index (χ1) is 18.1. The lowest BCUT2D eigenvalue weighted by Crippen LogP contribution is -2.36. The van der Waals surface area contributed by atoms with E-state index in [0.29, 0.717) is 17.2 Å². The van der Waals surface area contributed by atoms with E-state index in [9.17, 15) is 13.2 Å². The molecule has 0 atom stereocenters. The molecule has 0 N–H and O–H groups in total. The fraction of sp³-hybridized carbons (Fsp3) is 0.481. The van der Waals surface area contributed by atoms with E-state index in [2.05, 4.69) is 24.8 Å². The van der Waals surface area contributed by atoms with Crippen molar-refractivity contribution in [3.63, 3.8) is 0 Å². The molecule has 1 aromatic heterocycles. The molecular formula is C27H38N4O5S2. The molecule has 0 aliphatic heterocycles. The van der Waals surface area contributed by atoms with Gasteiger partial charge in [-0.3, -0.25) is 9.69 Å². The third kappa shape index (κ3) is 7.37. The normalized spacial score (nSPS) is 12.1. The van der Waals surface area contributed by atoms with Crippen LogP contribution in [0.15, 0.2) is 41.3 Å². The van der Waals surface area contributed by atoms with Crippen LogP contribution in [0.2, 0.25) is 0 Å². The number of sulfonamides is 1. The molecule has 9 nitrogen and oxygen atoms in total. The van der Waals surface area contributed by atoms with Crippen LogP contribution in [0, 0.1) is 13.8 Å². The first-order valence-corrected chi connectivity index (χ1v) is 14.8. The Bertz CT molecular complexity index is 1280. The molecule has 0 unspecified atom stereocenters. The van der Waals surface area contributed by atoms with Crippen molar-refractivity contribution in [1.82, 2.24) is 14.2 Å². The summed E-state index contributed by atoms with van der Waals surface area (Å²) in [5, 5.41) is 0.635. The standard InChI is InChI=1S/C27H38N4O5S2/c1-20-18-24-25(19-21(20)2)37-27(28-24)31(13-7-12-29(3)4)26(32)22-8-10-23(11-9-22)38(33,34)30(14-16-35-5)15-17-36-6/h8-11,18-19H,7,12-17H2,1-6H3. The minimum atomic E-state index is -3.78. The number of hydrogen-bond acceptors (Lipinski definition) is 8. The van der Waals surface area contributed by atoms with Gasteiger partial charge < -0.3 is 14.4 Å². The number of benzene rings is 2. The van der Waals surface area contributed by atoms with Crippen LogP contribution in [-0.2, 0) is 19.5 Å². The van der Waals surface area contributed by atoms with Crippen molar-refractivity contribution in [2.45, 2.75) is 25.2 Å². The summed E-state index contributed by atoms with van der Waals surface area (Å²) in [6.07, 6.45) is 0.771. The van der Waals surface area contributed by atoms with Crippen LogP contribution in [0.3, 0.4) is 0 Å². The second-order valence-corrected chi connectivity index (χ2v) is 12.4. The van der Waals surface area contributed by atoms with Gasteiger partial charge in [0.05, 0.1) is 28.3 Å². The summed E-state index contributed by atoms with van der Waals surface area (Å²) >= 11 is 1.49. The summed E-state index contributed by atoms with van der Waals surface area (Å²) in [5.41, 5.74) is 3.61. The first-order valence-electron chi connectivity index (χ1n) is 12.5. The van der Waals surface area contributed by atoms with E-state index >= 15 is 0 Å². The van der Waals surface area contributed by atoms with E-state index in [0.717, 1.165) is 28.7 Å². The predicted molar refractivity (Wildman–Crippen MR) is 153 cm³/mol. The van der Waals surface area contributed by atoms with E-state index in [4.69, 9.17) is 14.5 Å². The van der Waals surface area contributed by atoms with Crippen LogP contribution in [-0.4, -0.2) is 96.2 Å². The molecule has 1 amide bonds. The average Bonchev–Trinajstić information content (AvgIpc) is 3.28. The zero-order chi connectivity index (χ0) is 27.9. The molecule has 0 aliphatic carbocycles. The van der Waals surface area contributed by atoms with E-state index in [1.165, 1.54) is 47.6 Å². The number of aryl methyl sites for hydroxylation is 2. The second kappa shape index (κ2) is 13.6. The molecular weight excluding hydrogens is 524 g/mol. The van der Waals surface area contributed by atoms with Gasteiger partial charge >= 0.3 is 0 Å². The van der Waals surface area contributed by atoms with Gasteiger partial charge in [-0.15, -0.1) is 0 Å². The number of nitrogens with zero attached hydrogens (tertiary/aromatic N) is 4. The average molecular weight is 563 g/mol. The van der Waals surface area contributed by atoms with Crippen LogP contribution < -0.4 is 4.90 Å². The van der Waals surface area contributed by atoms with Gasteiger partial charge in [0.1, 0.15) is 0 Å². The Morgan fingerprint density at radius 2 is 1.53 bits per heavy atom. The maximum Gasteiger partial charge on any atom is 0.260 e. The van der Waals surface area contributed by atoms with Crippen LogP contribution >= 0.6 is 11.3 Å². The summed E-state index contributed by atoms with van der Waals surface area (Å²) in [6.45, 7) is 6.38. The van der Waals surface area contributed by atoms with Crippen molar-refractivity contribution in [3.05, 3.63) is 53.1 Å². The van der Waals surface area contributed by atoms with Gasteiger partial charge in [0.15, 0.2) is 5.13 Å². The van der Waals surface area contributed by atoms with Crippen molar-refractivity contribution in [3.8, 4) is 0 Å². The van der Waals surface area contributed by atoms with Gasteiger partial charge in [-0.05, 0) is 88.4 Å². The quantitative estimate of drug-likeness (QED) is 0.295. The van der Waals surface area contributed by atoms with Crippen molar-refractivity contribution < 1.29 is 22.7 Å². The van der Waals surface area contributed by atoms with Gasteiger partial charge in [-0.25, -0.2) is 13.4 Å². The zero-order valence-electron chi connectivity index (χ0n) is 23.1. The van der Waals surface area contributed by atoms with Gasteiger partial charge in [0.25, 0.3) is 5.91 Å². The Kier molecular flexibility index (Phi) is 10.8. The van der Waals surface area contributed by atoms with Crippen molar-refractivity contribution in [1.29, 1.82) is 0 Å². The highest BCUT2D eigenvalue weighted by molar-refractivity contribution is 7.89. The number of carbonyl (C=O) groups excluding carboxylic acids is 1. The minimum absolute atomic E-state index is 0.117. The van der Waals surface area contributed by atoms with E-state index in [1.807, 2.05) is 20.2 Å². The summed E-state index contributed by atoms with van der Waals surface area (Å²) in [4.78, 5) is 22.4. The number of anilines is 1. The molecule has 0 saturated carbocycles. The topological polar surface area (TPSA) is 92.3 Å². The molecule has 0 spiro atoms. The monoisotopic (exact) mass is 562 g/mol. The molecule has 0 bridgehead atoms. The molecule has 3 rings (SSSR count). The molecule has 11 heteroatoms. The SMILES string of the molecule is COCCN(CCOC)S(=O)(=O)c1ccc(C(=O)N(CCCN(C)C)c2nc3cc(C)c(C)cc3s2)cc1. The number of amides is 1. The van der Waals surface area contributed by atoms with Crippen LogP contribution in [0.5, 0.6) is 0 Å². The summed E-state index contributed by atoms with van der Waals surface area (Å²) in [5.74, 6) is -0.212. The first kappa shape index (κ1) is 30.1. The molecule has 208 valence electrons. The van der Waals surface area contributed by atoms with Gasteiger partial charge in [-0.2, -0.15) is 4.31 Å². The highest BCUT2D eigenvalue weighted by atomic mass is 32.2. The Balaban J connectivity index is 1.90. The van der Waals surface area contributed by atoms with E-state index < -0.39 is 10.0 Å². The highest BCUT2D eigenvalue weighted by Crippen LogP contribution is 2.32. The fourth-order valence-electron chi connectivity index (χ4n) is 3.93. The lowest BCUT2D eigenvalue weighted by Gasteiger charge is -2.22. The van der Waals surface area contributed by atoms with Crippen LogP contribution in [0.4, 0.5) is 5.13 Å². The maximum absolute atomic E-state index is 13.7. The molecule has 0 aliphatic rings. The van der Waals surface area contributed by atoms with Gasteiger partial charge in [-0.1, -0.05) is 11.3 Å². The van der Waals surface area contributed by atoms with Crippen LogP contribution in [0.25, 0.3) is 10.2 Å². The van der Waals surface area contributed by atoms with E-state index in [1.54, 1.807) is 17.0 Å². The summed E-state index contributed by atoms with van der Waals surface area (Å²) in [6, 6.07) is 10.3. The third-order valence-electron chi connectivity index (χ3n) is 6.28. The van der Waals surface area contributed by atoms with Crippen LogP contribution in [0.1, 0.15) is 27.9 Å². The number of hydrogen-bond donors (Lipinski definition) is 0. The number of thiazole rings is 1. The smallest absolute Gasteiger partial charge is 0.260 e. The predicted octanol–water partition coefficient (Wildman–Crippen LogP) is 3.80. The number of fused-ring (bicyclic) bond motifs is 1. The maximum atomic E-state index is 13.7. The number of rotatable bonds is 14. The molecule has 38 heavy (non-hydrogen) atoms. The molecule has 0 radical (unpaired) electrons. The lowest BCUT2D eigenvalue weighted by molar-refractivity contribution is 0.0986. The van der Waals surface area contributed by atoms with Crippen molar-refractivity contribution in [2.24, 2.45) is 0 Å². The lowest BCUT2D eigenvalue weighted by atomic mass is 10.1. The Morgan fingerprint density at radius 1 is 0.921 bits per heavy atom. The molecule has 0 fully saturated rings. The fourth-order valence-corrected chi connectivity index (χ4v) is 6.40. The zero-order valence-corrected chi connectivity index (χ0v) is 24.7. The summed E-state index contributed by atoms with van der Waals surface area (Å²) in [7, 11) is 3.27. The highest BCUT2D eigenvalue weighted by Gasteiger charge is 2.26. The van der Waals surface area contributed by atoms with Crippen molar-refractivity contribution in [2.75, 3.05) is 72.6 Å². The number of aromatic nitrogens is 1. The largest absolute Gasteiger partial charge is 0.383 e. The molecule has 3 aromatic rings. The number of methoxy groups -OCH3 is 2. The molecule has 0 saturated heterocycles. The Morgan fingerprint density at radius 3 is 2.11 bits per heavy atom. The van der Waals surface area contributed by atoms with Gasteiger partial charge in [0.2, 0.25) is 10.0 Å². The minimum Gasteiger partial charge on any atom is -0.383 e. The molecule has 2 aromatic carbocycles. The number of carbonyl (C=O) groups is 1. The third-order valence-corrected chi connectivity index (χ3v) is 9.24. The van der Waals surface area contributed by atoms with Crippen molar-refractivity contribution >= 4 is 42.6 Å². The summed E-state index contributed by atoms with van der Waals surface area (Å²) < 4.78 is 39.0. The Hall–Kier alpha value is -2.41.